The highest BCUT2D eigenvalue weighted by Gasteiger charge is 2.14. The molecular formula is C15H13FNS+. The number of hydrogen-bond acceptors (Lipinski definition) is 1. The van der Waals surface area contributed by atoms with Crippen LogP contribution < -0.4 is 4.57 Å². The van der Waals surface area contributed by atoms with E-state index in [0.717, 1.165) is 12.1 Å². The maximum absolute atomic E-state index is 12.9. The van der Waals surface area contributed by atoms with E-state index in [0.29, 0.717) is 0 Å². The van der Waals surface area contributed by atoms with Gasteiger partial charge in [-0.3, -0.25) is 0 Å². The number of thiazole rings is 1. The first kappa shape index (κ1) is 11.4. The Balaban J connectivity index is 2.02. The minimum absolute atomic E-state index is 0.185. The van der Waals surface area contributed by atoms with Crippen LogP contribution in [0.15, 0.2) is 48.0 Å². The fraction of sp³-hybridized carbons (Fsp3) is 0.133. The van der Waals surface area contributed by atoms with Gasteiger partial charge in [0.05, 0.1) is 0 Å². The fourth-order valence-corrected chi connectivity index (χ4v) is 3.14. The molecule has 0 aliphatic carbocycles. The van der Waals surface area contributed by atoms with E-state index in [1.807, 2.05) is 12.1 Å². The normalized spacial score (nSPS) is 11.0. The third-order valence-corrected chi connectivity index (χ3v) is 4.00. The first-order valence-corrected chi connectivity index (χ1v) is 6.73. The highest BCUT2D eigenvalue weighted by Crippen LogP contribution is 2.19. The summed E-state index contributed by atoms with van der Waals surface area (Å²) in [5, 5.41) is 0. The van der Waals surface area contributed by atoms with Crippen LogP contribution in [0.5, 0.6) is 0 Å². The van der Waals surface area contributed by atoms with Crippen molar-refractivity contribution in [1.82, 2.24) is 0 Å². The Morgan fingerprint density at radius 2 is 1.89 bits per heavy atom. The van der Waals surface area contributed by atoms with Crippen molar-refractivity contribution in [2.75, 3.05) is 0 Å². The summed E-state index contributed by atoms with van der Waals surface area (Å²) >= 11 is 1.74. The molecule has 0 spiro atoms. The number of aromatic nitrogens is 1. The van der Waals surface area contributed by atoms with Crippen LogP contribution >= 0.6 is 11.3 Å². The molecular weight excluding hydrogens is 245 g/mol. The molecule has 0 aliphatic rings. The average molecular weight is 258 g/mol. The second-order valence-electron chi connectivity index (χ2n) is 4.40. The number of fused-ring (bicyclic) bond motifs is 1. The van der Waals surface area contributed by atoms with E-state index in [9.17, 15) is 4.39 Å². The summed E-state index contributed by atoms with van der Waals surface area (Å²) in [5.74, 6) is -0.185. The van der Waals surface area contributed by atoms with Crippen LogP contribution in [0.2, 0.25) is 0 Å². The lowest BCUT2D eigenvalue weighted by Gasteiger charge is -1.98. The summed E-state index contributed by atoms with van der Waals surface area (Å²) in [6, 6.07) is 13.0. The molecule has 3 rings (SSSR count). The topological polar surface area (TPSA) is 3.88 Å². The van der Waals surface area contributed by atoms with Crippen molar-refractivity contribution in [1.29, 1.82) is 0 Å². The van der Waals surface area contributed by atoms with Crippen molar-refractivity contribution >= 4 is 21.6 Å². The predicted octanol–water partition coefficient (Wildman–Crippen LogP) is 3.68. The fourth-order valence-electron chi connectivity index (χ4n) is 2.17. The van der Waals surface area contributed by atoms with E-state index in [4.69, 9.17) is 0 Å². The van der Waals surface area contributed by atoms with Crippen molar-refractivity contribution in [2.24, 2.45) is 0 Å². The molecule has 0 saturated carbocycles. The molecule has 18 heavy (non-hydrogen) atoms. The van der Waals surface area contributed by atoms with Crippen LogP contribution in [0.3, 0.4) is 0 Å². The number of halogens is 1. The van der Waals surface area contributed by atoms with E-state index in [-0.39, 0.29) is 5.82 Å². The molecule has 0 aliphatic heterocycles. The Labute approximate surface area is 109 Å². The van der Waals surface area contributed by atoms with Crippen molar-refractivity contribution < 1.29 is 8.96 Å². The van der Waals surface area contributed by atoms with Gasteiger partial charge in [-0.2, -0.15) is 4.57 Å². The van der Waals surface area contributed by atoms with E-state index < -0.39 is 0 Å². The van der Waals surface area contributed by atoms with Gasteiger partial charge >= 0.3 is 0 Å². The van der Waals surface area contributed by atoms with E-state index in [2.05, 4.69) is 35.2 Å². The minimum atomic E-state index is -0.185. The Bertz CT molecular complexity index is 685. The molecule has 0 fully saturated rings. The molecule has 1 heterocycles. The lowest BCUT2D eigenvalue weighted by molar-refractivity contribution is -0.658. The van der Waals surface area contributed by atoms with Crippen LogP contribution in [-0.2, 0) is 6.54 Å². The molecule has 3 aromatic rings. The Hall–Kier alpha value is -1.74. The minimum Gasteiger partial charge on any atom is -0.207 e. The Kier molecular flexibility index (Phi) is 2.84. The molecule has 3 heteroatoms. The lowest BCUT2D eigenvalue weighted by Crippen LogP contribution is -2.32. The van der Waals surface area contributed by atoms with Gasteiger partial charge in [0.25, 0.3) is 0 Å². The zero-order valence-electron chi connectivity index (χ0n) is 10.1. The molecule has 90 valence electrons. The number of para-hydroxylation sites is 1. The molecule has 1 nitrogen and oxygen atoms in total. The predicted molar refractivity (Wildman–Crippen MR) is 72.3 cm³/mol. The molecule has 1 aromatic heterocycles. The number of benzene rings is 2. The highest BCUT2D eigenvalue weighted by molar-refractivity contribution is 7.16. The summed E-state index contributed by atoms with van der Waals surface area (Å²) in [6.07, 6.45) is 0. The SMILES string of the molecule is Cc1cccc2sc[n+](Cc3ccc(F)cc3)c12. The first-order valence-electron chi connectivity index (χ1n) is 5.85. The van der Waals surface area contributed by atoms with Gasteiger partial charge < -0.3 is 0 Å². The zero-order valence-corrected chi connectivity index (χ0v) is 10.9. The quantitative estimate of drug-likeness (QED) is 0.617. The van der Waals surface area contributed by atoms with Crippen LogP contribution in [0.25, 0.3) is 10.2 Å². The van der Waals surface area contributed by atoms with Crippen molar-refractivity contribution in [2.45, 2.75) is 13.5 Å². The third kappa shape index (κ3) is 2.02. The highest BCUT2D eigenvalue weighted by atomic mass is 32.1. The average Bonchev–Trinajstić information content (AvgIpc) is 2.77. The summed E-state index contributed by atoms with van der Waals surface area (Å²) in [4.78, 5) is 0. The second kappa shape index (κ2) is 4.50. The van der Waals surface area contributed by atoms with Gasteiger partial charge in [-0.1, -0.05) is 23.5 Å². The van der Waals surface area contributed by atoms with Gasteiger partial charge in [0.2, 0.25) is 11.0 Å². The van der Waals surface area contributed by atoms with Gasteiger partial charge in [0, 0.05) is 11.1 Å². The number of nitrogens with zero attached hydrogens (tertiary/aromatic N) is 1. The number of rotatable bonds is 2. The van der Waals surface area contributed by atoms with Gasteiger partial charge in [0.1, 0.15) is 10.5 Å². The third-order valence-electron chi connectivity index (χ3n) is 3.06. The maximum Gasteiger partial charge on any atom is 0.226 e. The van der Waals surface area contributed by atoms with Crippen LogP contribution in [-0.4, -0.2) is 0 Å². The summed E-state index contributed by atoms with van der Waals surface area (Å²) < 4.78 is 16.4. The van der Waals surface area contributed by atoms with Crippen LogP contribution in [0.1, 0.15) is 11.1 Å². The molecule has 0 N–H and O–H groups in total. The van der Waals surface area contributed by atoms with Crippen LogP contribution in [0.4, 0.5) is 4.39 Å². The molecule has 0 amide bonds. The van der Waals surface area contributed by atoms with Gasteiger partial charge in [-0.15, -0.1) is 0 Å². The van der Waals surface area contributed by atoms with E-state index in [1.165, 1.54) is 27.9 Å². The van der Waals surface area contributed by atoms with E-state index >= 15 is 0 Å². The summed E-state index contributed by atoms with van der Waals surface area (Å²) in [7, 11) is 0. The monoisotopic (exact) mass is 258 g/mol. The van der Waals surface area contributed by atoms with E-state index in [1.54, 1.807) is 11.3 Å². The van der Waals surface area contributed by atoms with Crippen molar-refractivity contribution in [3.05, 3.63) is 64.9 Å². The maximum atomic E-state index is 12.9. The van der Waals surface area contributed by atoms with Gasteiger partial charge in [-0.05, 0) is 37.3 Å². The molecule has 0 bridgehead atoms. The number of aryl methyl sites for hydroxylation is 1. The lowest BCUT2D eigenvalue weighted by atomic mass is 10.2. The smallest absolute Gasteiger partial charge is 0.207 e. The molecule has 0 atom stereocenters. The van der Waals surface area contributed by atoms with Crippen molar-refractivity contribution in [3.63, 3.8) is 0 Å². The Morgan fingerprint density at radius 3 is 2.67 bits per heavy atom. The van der Waals surface area contributed by atoms with Gasteiger partial charge in [0.15, 0.2) is 6.54 Å². The standard InChI is InChI=1S/C15H13FNS/c1-11-3-2-4-14-15(11)17(10-18-14)9-12-5-7-13(16)8-6-12/h2-8,10H,9H2,1H3/q+1. The van der Waals surface area contributed by atoms with Gasteiger partial charge in [-0.25, -0.2) is 4.39 Å². The molecule has 0 unspecified atom stereocenters. The van der Waals surface area contributed by atoms with Crippen molar-refractivity contribution in [3.8, 4) is 0 Å². The first-order chi connectivity index (χ1) is 8.74. The van der Waals surface area contributed by atoms with Crippen LogP contribution in [0, 0.1) is 12.7 Å². The summed E-state index contributed by atoms with van der Waals surface area (Å²) in [5.41, 5.74) is 5.79. The zero-order chi connectivity index (χ0) is 12.5. The largest absolute Gasteiger partial charge is 0.226 e. The molecule has 0 saturated heterocycles. The Morgan fingerprint density at radius 1 is 1.11 bits per heavy atom. The molecule has 2 aromatic carbocycles. The molecule has 0 radical (unpaired) electrons. The summed E-state index contributed by atoms with van der Waals surface area (Å²) in [6.45, 7) is 2.90. The number of hydrogen-bond donors (Lipinski definition) is 0. The second-order valence-corrected chi connectivity index (χ2v) is 5.29.